The van der Waals surface area contributed by atoms with Gasteiger partial charge in [0, 0.05) is 18.7 Å². The van der Waals surface area contributed by atoms with Gasteiger partial charge in [0.15, 0.2) is 0 Å². The Kier molecular flexibility index (Phi) is 4.28. The topological polar surface area (TPSA) is 89.3 Å². The first kappa shape index (κ1) is 16.1. The lowest BCUT2D eigenvalue weighted by atomic mass is 10.1. The van der Waals surface area contributed by atoms with Crippen molar-refractivity contribution in [2.45, 2.75) is 11.4 Å². The number of sulfonamides is 1. The summed E-state index contributed by atoms with van der Waals surface area (Å²) in [5.74, 6) is 0. The van der Waals surface area contributed by atoms with Crippen molar-refractivity contribution in [3.8, 4) is 0 Å². The summed E-state index contributed by atoms with van der Waals surface area (Å²) < 4.78 is 27.1. The zero-order valence-corrected chi connectivity index (χ0v) is 13.4. The molecule has 0 fully saturated rings. The van der Waals surface area contributed by atoms with Gasteiger partial charge in [-0.25, -0.2) is 13.1 Å². The van der Waals surface area contributed by atoms with Crippen molar-refractivity contribution < 1.29 is 13.3 Å². The van der Waals surface area contributed by atoms with Gasteiger partial charge in [0.1, 0.15) is 0 Å². The molecule has 0 aliphatic rings. The largest absolute Gasteiger partial charge is 0.270 e. The van der Waals surface area contributed by atoms with Gasteiger partial charge in [0.05, 0.1) is 9.82 Å². The van der Waals surface area contributed by atoms with Crippen molar-refractivity contribution in [3.05, 3.63) is 82.4 Å². The van der Waals surface area contributed by atoms with Crippen molar-refractivity contribution in [1.82, 2.24) is 4.72 Å². The molecule has 0 unspecified atom stereocenters. The predicted molar refractivity (Wildman–Crippen MR) is 91.1 cm³/mol. The molecule has 0 saturated carbocycles. The van der Waals surface area contributed by atoms with E-state index in [1.807, 2.05) is 42.5 Å². The lowest BCUT2D eigenvalue weighted by molar-refractivity contribution is -0.385. The van der Waals surface area contributed by atoms with Gasteiger partial charge in [-0.15, -0.1) is 0 Å². The summed E-state index contributed by atoms with van der Waals surface area (Å²) in [7, 11) is -3.82. The van der Waals surface area contributed by atoms with Gasteiger partial charge in [0.25, 0.3) is 5.69 Å². The maximum atomic E-state index is 12.3. The molecule has 0 aliphatic carbocycles. The van der Waals surface area contributed by atoms with Crippen LogP contribution >= 0.6 is 0 Å². The van der Waals surface area contributed by atoms with Gasteiger partial charge >= 0.3 is 0 Å². The van der Waals surface area contributed by atoms with E-state index in [-0.39, 0.29) is 17.1 Å². The van der Waals surface area contributed by atoms with Crippen LogP contribution in [0.1, 0.15) is 5.56 Å². The number of nitro groups is 1. The molecule has 6 nitrogen and oxygen atoms in total. The molecule has 122 valence electrons. The number of hydrogen-bond acceptors (Lipinski definition) is 4. The van der Waals surface area contributed by atoms with Gasteiger partial charge < -0.3 is 0 Å². The molecule has 0 atom stereocenters. The Morgan fingerprint density at radius 1 is 0.917 bits per heavy atom. The van der Waals surface area contributed by atoms with Gasteiger partial charge in [-0.2, -0.15) is 0 Å². The smallest absolute Gasteiger partial charge is 0.258 e. The molecular weight excluding hydrogens is 328 g/mol. The molecule has 0 radical (unpaired) electrons. The van der Waals surface area contributed by atoms with Crippen LogP contribution in [0.4, 0.5) is 5.69 Å². The Labute approximate surface area is 138 Å². The van der Waals surface area contributed by atoms with E-state index in [1.165, 1.54) is 18.2 Å². The number of nitrogens with one attached hydrogen (secondary N) is 1. The Bertz CT molecular complexity index is 1020. The summed E-state index contributed by atoms with van der Waals surface area (Å²) >= 11 is 0. The molecule has 0 saturated heterocycles. The van der Waals surface area contributed by atoms with Crippen LogP contribution in [-0.4, -0.2) is 13.3 Å². The minimum atomic E-state index is -3.82. The molecule has 1 N–H and O–H groups in total. The predicted octanol–water partition coefficient (Wildman–Crippen LogP) is 3.23. The van der Waals surface area contributed by atoms with Crippen molar-refractivity contribution in [2.75, 3.05) is 0 Å². The standard InChI is InChI=1S/C17H14N2O4S/c20-19(21)16-6-3-7-17(11-16)24(22,23)18-12-13-8-9-14-4-1-2-5-15(14)10-13/h1-11,18H,12H2. The highest BCUT2D eigenvalue weighted by Gasteiger charge is 2.17. The minimum absolute atomic E-state index is 0.107. The molecule has 0 aliphatic heterocycles. The molecule has 0 spiro atoms. The normalized spacial score (nSPS) is 11.5. The van der Waals surface area contributed by atoms with E-state index in [2.05, 4.69) is 4.72 Å². The van der Waals surface area contributed by atoms with E-state index in [0.717, 1.165) is 22.4 Å². The molecule has 24 heavy (non-hydrogen) atoms. The third kappa shape index (κ3) is 3.42. The molecule has 3 rings (SSSR count). The summed E-state index contributed by atoms with van der Waals surface area (Å²) in [6.45, 7) is 0.107. The first-order chi connectivity index (χ1) is 11.5. The Morgan fingerprint density at radius 3 is 2.42 bits per heavy atom. The molecule has 3 aromatic carbocycles. The number of nitrogens with zero attached hydrogens (tertiary/aromatic N) is 1. The van der Waals surface area contributed by atoms with Crippen molar-refractivity contribution in [1.29, 1.82) is 0 Å². The third-order valence-electron chi connectivity index (χ3n) is 3.62. The van der Waals surface area contributed by atoms with E-state index in [0.29, 0.717) is 0 Å². The fraction of sp³-hybridized carbons (Fsp3) is 0.0588. The van der Waals surface area contributed by atoms with Gasteiger partial charge in [-0.1, -0.05) is 42.5 Å². The Morgan fingerprint density at radius 2 is 1.67 bits per heavy atom. The van der Waals surface area contributed by atoms with E-state index in [4.69, 9.17) is 0 Å². The highest BCUT2D eigenvalue weighted by atomic mass is 32.2. The van der Waals surface area contributed by atoms with Gasteiger partial charge in [0.2, 0.25) is 10.0 Å². The second-order valence-electron chi connectivity index (χ2n) is 5.26. The number of rotatable bonds is 5. The third-order valence-corrected chi connectivity index (χ3v) is 5.02. The van der Waals surface area contributed by atoms with Gasteiger partial charge in [-0.3, -0.25) is 10.1 Å². The van der Waals surface area contributed by atoms with E-state index >= 15 is 0 Å². The average molecular weight is 342 g/mol. The van der Waals surface area contributed by atoms with Crippen LogP contribution < -0.4 is 4.72 Å². The zero-order valence-electron chi connectivity index (χ0n) is 12.5. The molecule has 0 amide bonds. The lowest BCUT2D eigenvalue weighted by Gasteiger charge is -2.08. The fourth-order valence-corrected chi connectivity index (χ4v) is 3.43. The van der Waals surface area contributed by atoms with Crippen LogP contribution in [0, 0.1) is 10.1 Å². The van der Waals surface area contributed by atoms with E-state index in [1.54, 1.807) is 0 Å². The number of non-ortho nitro benzene ring substituents is 1. The molecule has 0 heterocycles. The van der Waals surface area contributed by atoms with Crippen LogP contribution in [-0.2, 0) is 16.6 Å². The van der Waals surface area contributed by atoms with E-state index in [9.17, 15) is 18.5 Å². The Hall–Kier alpha value is -2.77. The molecule has 7 heteroatoms. The van der Waals surface area contributed by atoms with Crippen LogP contribution in [0.5, 0.6) is 0 Å². The molecule has 0 aromatic heterocycles. The van der Waals surface area contributed by atoms with Crippen LogP contribution in [0.25, 0.3) is 10.8 Å². The number of benzene rings is 3. The van der Waals surface area contributed by atoms with Crippen molar-refractivity contribution in [2.24, 2.45) is 0 Å². The minimum Gasteiger partial charge on any atom is -0.258 e. The fourth-order valence-electron chi connectivity index (χ4n) is 2.37. The summed E-state index contributed by atoms with van der Waals surface area (Å²) in [5.41, 5.74) is 0.547. The quantitative estimate of drug-likeness (QED) is 0.569. The van der Waals surface area contributed by atoms with Crippen LogP contribution in [0.15, 0.2) is 71.6 Å². The summed E-state index contributed by atoms with van der Waals surface area (Å²) in [6.07, 6.45) is 0. The second-order valence-corrected chi connectivity index (χ2v) is 7.03. The lowest BCUT2D eigenvalue weighted by Crippen LogP contribution is -2.23. The zero-order chi connectivity index (χ0) is 17.2. The average Bonchev–Trinajstić information content (AvgIpc) is 2.60. The Balaban J connectivity index is 1.81. The first-order valence-corrected chi connectivity index (χ1v) is 8.66. The molecular formula is C17H14N2O4S. The number of nitro benzene ring substituents is 1. The van der Waals surface area contributed by atoms with Crippen LogP contribution in [0.3, 0.4) is 0 Å². The summed E-state index contributed by atoms with van der Waals surface area (Å²) in [5, 5.41) is 12.9. The van der Waals surface area contributed by atoms with Gasteiger partial charge in [-0.05, 0) is 28.5 Å². The maximum absolute atomic E-state index is 12.3. The molecule has 0 bridgehead atoms. The SMILES string of the molecule is O=[N+]([O-])c1cccc(S(=O)(=O)NCc2ccc3ccccc3c2)c1. The highest BCUT2D eigenvalue weighted by Crippen LogP contribution is 2.19. The molecule has 3 aromatic rings. The summed E-state index contributed by atoms with van der Waals surface area (Å²) in [6, 6.07) is 18.4. The van der Waals surface area contributed by atoms with Crippen molar-refractivity contribution in [3.63, 3.8) is 0 Å². The number of hydrogen-bond donors (Lipinski definition) is 1. The van der Waals surface area contributed by atoms with Crippen molar-refractivity contribution >= 4 is 26.5 Å². The maximum Gasteiger partial charge on any atom is 0.270 e. The monoisotopic (exact) mass is 342 g/mol. The highest BCUT2D eigenvalue weighted by molar-refractivity contribution is 7.89. The van der Waals surface area contributed by atoms with E-state index < -0.39 is 14.9 Å². The first-order valence-electron chi connectivity index (χ1n) is 7.17. The van der Waals surface area contributed by atoms with Crippen LogP contribution in [0.2, 0.25) is 0 Å². The number of fused-ring (bicyclic) bond motifs is 1. The second kappa shape index (κ2) is 6.38. The summed E-state index contributed by atoms with van der Waals surface area (Å²) in [4.78, 5) is 10.0.